The molecule has 0 saturated heterocycles. The van der Waals surface area contributed by atoms with Crippen LogP contribution in [0.4, 0.5) is 13.2 Å². The maximum Gasteiger partial charge on any atom is 0.573 e. The van der Waals surface area contributed by atoms with Gasteiger partial charge in [-0.1, -0.05) is 18.2 Å². The summed E-state index contributed by atoms with van der Waals surface area (Å²) in [5, 5.41) is 9.25. The molecule has 0 aromatic heterocycles. The summed E-state index contributed by atoms with van der Waals surface area (Å²) in [6.45, 7) is 1.89. The van der Waals surface area contributed by atoms with E-state index >= 15 is 0 Å². The third kappa shape index (κ3) is 4.34. The molecule has 2 aromatic rings. The predicted molar refractivity (Wildman–Crippen MR) is 83.2 cm³/mol. The molecule has 0 heterocycles. The van der Waals surface area contributed by atoms with E-state index in [1.807, 2.05) is 0 Å². The van der Waals surface area contributed by atoms with Crippen molar-refractivity contribution in [3.05, 3.63) is 42.0 Å². The first-order valence-corrected chi connectivity index (χ1v) is 7.20. The predicted octanol–water partition coefficient (Wildman–Crippen LogP) is 4.36. The van der Waals surface area contributed by atoms with Crippen molar-refractivity contribution in [2.45, 2.75) is 13.3 Å². The van der Waals surface area contributed by atoms with Crippen molar-refractivity contribution in [2.24, 2.45) is 0 Å². The number of hydrogen-bond acceptors (Lipinski definition) is 4. The Morgan fingerprint density at radius 3 is 2.36 bits per heavy atom. The van der Waals surface area contributed by atoms with Gasteiger partial charge in [-0.2, -0.15) is 0 Å². The fourth-order valence-corrected chi connectivity index (χ4v) is 2.27. The van der Waals surface area contributed by atoms with E-state index in [0.717, 1.165) is 6.07 Å². The minimum Gasteiger partial charge on any atom is -0.493 e. The molecule has 0 amide bonds. The Morgan fingerprint density at radius 1 is 1.12 bits per heavy atom. The Morgan fingerprint density at radius 2 is 1.80 bits per heavy atom. The highest BCUT2D eigenvalue weighted by Gasteiger charge is 2.32. The second-order valence-corrected chi connectivity index (χ2v) is 4.84. The molecule has 0 saturated carbocycles. The highest BCUT2D eigenvalue weighted by atomic mass is 19.4. The van der Waals surface area contributed by atoms with Gasteiger partial charge < -0.3 is 19.3 Å². The second-order valence-electron chi connectivity index (χ2n) is 4.84. The average molecular weight is 356 g/mol. The zero-order chi connectivity index (χ0) is 18.6. The number of carboxylic acids is 1. The minimum absolute atomic E-state index is 0.0321. The first-order chi connectivity index (χ1) is 11.8. The Labute approximate surface area is 141 Å². The van der Waals surface area contributed by atoms with Gasteiger partial charge in [-0.25, -0.2) is 4.79 Å². The lowest BCUT2D eigenvalue weighted by atomic mass is 10.00. The first-order valence-electron chi connectivity index (χ1n) is 7.20. The molecule has 0 radical (unpaired) electrons. The van der Waals surface area contributed by atoms with E-state index in [-0.39, 0.29) is 34.8 Å². The number of carboxylic acid groups (broad SMARTS) is 1. The molecule has 2 aromatic carbocycles. The van der Waals surface area contributed by atoms with Crippen LogP contribution in [0.3, 0.4) is 0 Å². The third-order valence-corrected chi connectivity index (χ3v) is 3.21. The first kappa shape index (κ1) is 18.4. The van der Waals surface area contributed by atoms with Crippen LogP contribution in [0.25, 0.3) is 11.1 Å². The van der Waals surface area contributed by atoms with Gasteiger partial charge in [-0.05, 0) is 25.1 Å². The molecule has 0 aliphatic rings. The number of hydrogen-bond donors (Lipinski definition) is 1. The molecule has 0 bridgehead atoms. The number of ether oxygens (including phenoxy) is 3. The van der Waals surface area contributed by atoms with Gasteiger partial charge >= 0.3 is 12.3 Å². The SMILES string of the molecule is CCOc1c(OC)cc(C(=O)O)cc1-c1ccccc1OC(F)(F)F. The molecule has 134 valence electrons. The molecular weight excluding hydrogens is 341 g/mol. The van der Waals surface area contributed by atoms with Crippen LogP contribution in [0.15, 0.2) is 36.4 Å². The van der Waals surface area contributed by atoms with Gasteiger partial charge in [0.1, 0.15) is 5.75 Å². The van der Waals surface area contributed by atoms with E-state index < -0.39 is 18.1 Å². The minimum atomic E-state index is -4.89. The van der Waals surface area contributed by atoms with Crippen LogP contribution in [-0.4, -0.2) is 31.2 Å². The van der Waals surface area contributed by atoms with Gasteiger partial charge in [0.25, 0.3) is 0 Å². The number of halogens is 3. The third-order valence-electron chi connectivity index (χ3n) is 3.21. The number of benzene rings is 2. The monoisotopic (exact) mass is 356 g/mol. The lowest BCUT2D eigenvalue weighted by molar-refractivity contribution is -0.274. The summed E-state index contributed by atoms with van der Waals surface area (Å²) in [6, 6.07) is 7.86. The van der Waals surface area contributed by atoms with E-state index in [1.54, 1.807) is 6.92 Å². The lowest BCUT2D eigenvalue weighted by Gasteiger charge is -2.18. The van der Waals surface area contributed by atoms with Crippen molar-refractivity contribution >= 4 is 5.97 Å². The van der Waals surface area contributed by atoms with Crippen molar-refractivity contribution in [3.63, 3.8) is 0 Å². The number of methoxy groups -OCH3 is 1. The van der Waals surface area contributed by atoms with Crippen LogP contribution in [0.5, 0.6) is 17.2 Å². The number of rotatable bonds is 6. The number of para-hydroxylation sites is 1. The van der Waals surface area contributed by atoms with Crippen LogP contribution < -0.4 is 14.2 Å². The van der Waals surface area contributed by atoms with Crippen LogP contribution >= 0.6 is 0 Å². The Kier molecular flexibility index (Phi) is 5.41. The summed E-state index contributed by atoms with van der Waals surface area (Å²) in [4.78, 5) is 11.3. The maximum absolute atomic E-state index is 12.7. The standard InChI is InChI=1S/C17H15F3O5/c1-3-24-15-12(8-10(16(21)22)9-14(15)23-2)11-6-4-5-7-13(11)25-17(18,19)20/h4-9H,3H2,1-2H3,(H,21,22). The van der Waals surface area contributed by atoms with Crippen molar-refractivity contribution < 1.29 is 37.3 Å². The van der Waals surface area contributed by atoms with Crippen molar-refractivity contribution in [3.8, 4) is 28.4 Å². The normalized spacial score (nSPS) is 11.1. The summed E-state index contributed by atoms with van der Waals surface area (Å²) < 4.78 is 52.7. The molecule has 0 aliphatic carbocycles. The maximum atomic E-state index is 12.7. The topological polar surface area (TPSA) is 65.0 Å². The lowest BCUT2D eigenvalue weighted by Crippen LogP contribution is -2.17. The number of alkyl halides is 3. The Bertz CT molecular complexity index is 771. The molecule has 0 spiro atoms. The molecular formula is C17H15F3O5. The van der Waals surface area contributed by atoms with Crippen LogP contribution in [0.1, 0.15) is 17.3 Å². The fraction of sp³-hybridized carbons (Fsp3) is 0.235. The van der Waals surface area contributed by atoms with E-state index in [1.165, 1.54) is 37.4 Å². The van der Waals surface area contributed by atoms with Gasteiger partial charge in [0, 0.05) is 11.1 Å². The van der Waals surface area contributed by atoms with E-state index in [0.29, 0.717) is 0 Å². The summed E-state index contributed by atoms with van der Waals surface area (Å²) in [6.07, 6.45) is -4.89. The summed E-state index contributed by atoms with van der Waals surface area (Å²) >= 11 is 0. The Hall–Kier alpha value is -2.90. The van der Waals surface area contributed by atoms with Crippen LogP contribution in [-0.2, 0) is 0 Å². The molecule has 5 nitrogen and oxygen atoms in total. The fourth-order valence-electron chi connectivity index (χ4n) is 2.27. The summed E-state index contributed by atoms with van der Waals surface area (Å²) in [5.41, 5.74) is 0.000222. The zero-order valence-corrected chi connectivity index (χ0v) is 13.4. The molecule has 25 heavy (non-hydrogen) atoms. The van der Waals surface area contributed by atoms with E-state index in [4.69, 9.17) is 9.47 Å². The highest BCUT2D eigenvalue weighted by Crippen LogP contribution is 2.43. The van der Waals surface area contributed by atoms with E-state index in [2.05, 4.69) is 4.74 Å². The molecule has 2 rings (SSSR count). The van der Waals surface area contributed by atoms with Crippen LogP contribution in [0.2, 0.25) is 0 Å². The molecule has 0 unspecified atom stereocenters. The van der Waals surface area contributed by atoms with Crippen molar-refractivity contribution in [2.75, 3.05) is 13.7 Å². The van der Waals surface area contributed by atoms with Gasteiger partial charge in [-0.15, -0.1) is 13.2 Å². The quantitative estimate of drug-likeness (QED) is 0.833. The molecule has 8 heteroatoms. The van der Waals surface area contributed by atoms with Gasteiger partial charge in [0.15, 0.2) is 11.5 Å². The van der Waals surface area contributed by atoms with Crippen LogP contribution in [0, 0.1) is 0 Å². The van der Waals surface area contributed by atoms with Gasteiger partial charge in [-0.3, -0.25) is 0 Å². The molecule has 0 aliphatic heterocycles. The van der Waals surface area contributed by atoms with Crippen molar-refractivity contribution in [1.82, 2.24) is 0 Å². The number of aromatic carboxylic acids is 1. The smallest absolute Gasteiger partial charge is 0.493 e. The summed E-state index contributed by atoms with van der Waals surface area (Å²) in [5.74, 6) is -1.50. The molecule has 0 fully saturated rings. The molecule has 1 N–H and O–H groups in total. The average Bonchev–Trinajstić information content (AvgIpc) is 2.54. The van der Waals surface area contributed by atoms with Crippen molar-refractivity contribution in [1.29, 1.82) is 0 Å². The van der Waals surface area contributed by atoms with Gasteiger partial charge in [0.2, 0.25) is 0 Å². The second kappa shape index (κ2) is 7.33. The largest absolute Gasteiger partial charge is 0.573 e. The Balaban J connectivity index is 2.73. The molecule has 0 atom stereocenters. The van der Waals surface area contributed by atoms with E-state index in [9.17, 15) is 23.1 Å². The van der Waals surface area contributed by atoms with Gasteiger partial charge in [0.05, 0.1) is 19.3 Å². The summed E-state index contributed by atoms with van der Waals surface area (Å²) in [7, 11) is 1.31. The zero-order valence-electron chi connectivity index (χ0n) is 13.4. The number of carbonyl (C=O) groups is 1. The highest BCUT2D eigenvalue weighted by molar-refractivity contribution is 5.92.